The zero-order valence-electron chi connectivity index (χ0n) is 13.8. The van der Waals surface area contributed by atoms with Crippen LogP contribution in [0.1, 0.15) is 24.1 Å². The minimum Gasteiger partial charge on any atom is -0.390 e. The summed E-state index contributed by atoms with van der Waals surface area (Å²) in [6, 6.07) is 5.96. The molecule has 23 heavy (non-hydrogen) atoms. The standard InChI is InChI=1S/C18H25ClN2O2/c1-12-13(2)21(18-16(12)6-3-7-17(18)19)11-14(22)9-20-10-15-5-4-8-23-15/h3,6-7,14-15,20,22H,4-5,8-11H2,1-2H3/t14-,15+/m0/s1. The van der Waals surface area contributed by atoms with Gasteiger partial charge in [0.2, 0.25) is 0 Å². The fourth-order valence-corrected chi connectivity index (χ4v) is 3.65. The highest BCUT2D eigenvalue weighted by atomic mass is 35.5. The molecule has 2 heterocycles. The number of aromatic nitrogens is 1. The molecule has 3 rings (SSSR count). The van der Waals surface area contributed by atoms with Crippen molar-refractivity contribution in [2.45, 2.75) is 45.4 Å². The first kappa shape index (κ1) is 16.8. The third-order valence-electron chi connectivity index (χ3n) is 4.78. The molecule has 0 saturated carbocycles. The van der Waals surface area contributed by atoms with E-state index >= 15 is 0 Å². The zero-order chi connectivity index (χ0) is 16.4. The zero-order valence-corrected chi connectivity index (χ0v) is 14.6. The maximum atomic E-state index is 10.4. The van der Waals surface area contributed by atoms with Crippen molar-refractivity contribution in [3.8, 4) is 0 Å². The van der Waals surface area contributed by atoms with E-state index in [2.05, 4.69) is 29.8 Å². The molecule has 1 saturated heterocycles. The number of aryl methyl sites for hydroxylation is 1. The maximum absolute atomic E-state index is 10.4. The van der Waals surface area contributed by atoms with Crippen LogP contribution in [0.5, 0.6) is 0 Å². The van der Waals surface area contributed by atoms with Gasteiger partial charge in [-0.25, -0.2) is 0 Å². The van der Waals surface area contributed by atoms with Crippen molar-refractivity contribution in [1.82, 2.24) is 9.88 Å². The number of aliphatic hydroxyl groups excluding tert-OH is 1. The van der Waals surface area contributed by atoms with Gasteiger partial charge in [-0.1, -0.05) is 23.7 Å². The van der Waals surface area contributed by atoms with Crippen molar-refractivity contribution in [1.29, 1.82) is 0 Å². The van der Waals surface area contributed by atoms with Crippen LogP contribution in [0, 0.1) is 13.8 Å². The predicted octanol–water partition coefficient (Wildman–Crippen LogP) is 3.04. The van der Waals surface area contributed by atoms with Crippen LogP contribution in [0.25, 0.3) is 10.9 Å². The van der Waals surface area contributed by atoms with Crippen LogP contribution in [0.15, 0.2) is 18.2 Å². The average molecular weight is 337 g/mol. The van der Waals surface area contributed by atoms with Crippen molar-refractivity contribution >= 4 is 22.5 Å². The summed E-state index contributed by atoms with van der Waals surface area (Å²) in [6.45, 7) is 6.95. The average Bonchev–Trinajstić information content (AvgIpc) is 3.12. The summed E-state index contributed by atoms with van der Waals surface area (Å²) >= 11 is 6.39. The number of rotatable bonds is 6. The highest BCUT2D eigenvalue weighted by Crippen LogP contribution is 2.30. The fourth-order valence-electron chi connectivity index (χ4n) is 3.38. The van der Waals surface area contributed by atoms with Crippen molar-refractivity contribution in [3.05, 3.63) is 34.5 Å². The molecule has 0 aliphatic carbocycles. The Bertz CT molecular complexity index is 677. The van der Waals surface area contributed by atoms with Gasteiger partial charge in [-0.05, 0) is 38.3 Å². The summed E-state index contributed by atoms with van der Waals surface area (Å²) in [5.74, 6) is 0. The summed E-state index contributed by atoms with van der Waals surface area (Å²) in [5.41, 5.74) is 3.40. The Balaban J connectivity index is 1.67. The fraction of sp³-hybridized carbons (Fsp3) is 0.556. The van der Waals surface area contributed by atoms with Crippen LogP contribution in [0.4, 0.5) is 0 Å². The van der Waals surface area contributed by atoms with E-state index in [1.54, 1.807) is 0 Å². The van der Waals surface area contributed by atoms with E-state index in [9.17, 15) is 5.11 Å². The second-order valence-electron chi connectivity index (χ2n) is 6.40. The lowest BCUT2D eigenvalue weighted by Crippen LogP contribution is -2.35. The lowest BCUT2D eigenvalue weighted by molar-refractivity contribution is 0.101. The van der Waals surface area contributed by atoms with E-state index in [0.29, 0.717) is 19.2 Å². The quantitative estimate of drug-likeness (QED) is 0.852. The first-order valence-electron chi connectivity index (χ1n) is 8.32. The lowest BCUT2D eigenvalue weighted by Gasteiger charge is -2.17. The number of fused-ring (bicyclic) bond motifs is 1. The van der Waals surface area contributed by atoms with Crippen molar-refractivity contribution in [2.75, 3.05) is 19.7 Å². The van der Waals surface area contributed by atoms with Gasteiger partial charge in [-0.3, -0.25) is 0 Å². The molecule has 0 bridgehead atoms. The van der Waals surface area contributed by atoms with Crippen LogP contribution in [0.2, 0.25) is 5.02 Å². The molecule has 5 heteroatoms. The SMILES string of the molecule is Cc1c(C)n(C[C@@H](O)CNC[C@H]2CCCO2)c2c(Cl)cccc12. The van der Waals surface area contributed by atoms with Crippen LogP contribution in [-0.2, 0) is 11.3 Å². The first-order chi connectivity index (χ1) is 11.1. The highest BCUT2D eigenvalue weighted by molar-refractivity contribution is 6.35. The molecule has 1 aromatic carbocycles. The number of benzene rings is 1. The van der Waals surface area contributed by atoms with Gasteiger partial charge < -0.3 is 19.7 Å². The Morgan fingerprint density at radius 2 is 2.26 bits per heavy atom. The number of nitrogens with zero attached hydrogens (tertiary/aromatic N) is 1. The summed E-state index contributed by atoms with van der Waals surface area (Å²) in [4.78, 5) is 0. The summed E-state index contributed by atoms with van der Waals surface area (Å²) in [6.07, 6.45) is 2.09. The van der Waals surface area contributed by atoms with Crippen molar-refractivity contribution in [2.24, 2.45) is 0 Å². The normalized spacial score (nSPS) is 19.6. The van der Waals surface area contributed by atoms with Gasteiger partial charge in [0.25, 0.3) is 0 Å². The third-order valence-corrected chi connectivity index (χ3v) is 5.08. The van der Waals surface area contributed by atoms with E-state index < -0.39 is 6.10 Å². The Kier molecular flexibility index (Phi) is 5.27. The van der Waals surface area contributed by atoms with E-state index in [4.69, 9.17) is 16.3 Å². The molecule has 0 amide bonds. The topological polar surface area (TPSA) is 46.4 Å². The third kappa shape index (κ3) is 3.56. The van der Waals surface area contributed by atoms with Gasteiger partial charge in [0.1, 0.15) is 0 Å². The second kappa shape index (κ2) is 7.22. The molecular formula is C18H25ClN2O2. The minimum atomic E-state index is -0.457. The molecule has 2 aromatic rings. The number of halogens is 1. The van der Waals surface area contributed by atoms with E-state index in [-0.39, 0.29) is 0 Å². The number of hydrogen-bond donors (Lipinski definition) is 2. The largest absolute Gasteiger partial charge is 0.390 e. The lowest BCUT2D eigenvalue weighted by atomic mass is 10.2. The van der Waals surface area contributed by atoms with Crippen LogP contribution < -0.4 is 5.32 Å². The number of aliphatic hydroxyl groups is 1. The predicted molar refractivity (Wildman–Crippen MR) is 94.3 cm³/mol. The maximum Gasteiger partial charge on any atom is 0.0843 e. The van der Waals surface area contributed by atoms with Gasteiger partial charge in [-0.2, -0.15) is 0 Å². The minimum absolute atomic E-state index is 0.299. The molecule has 2 N–H and O–H groups in total. The van der Waals surface area contributed by atoms with E-state index in [1.807, 2.05) is 12.1 Å². The molecule has 126 valence electrons. The van der Waals surface area contributed by atoms with Gasteiger partial charge in [0, 0.05) is 30.8 Å². The number of nitrogens with one attached hydrogen (secondary N) is 1. The van der Waals surface area contributed by atoms with Gasteiger partial charge in [0.15, 0.2) is 0 Å². The van der Waals surface area contributed by atoms with Gasteiger partial charge in [-0.15, -0.1) is 0 Å². The Labute approximate surface area is 142 Å². The van der Waals surface area contributed by atoms with E-state index in [0.717, 1.165) is 47.6 Å². The molecule has 4 nitrogen and oxygen atoms in total. The molecule has 1 aromatic heterocycles. The van der Waals surface area contributed by atoms with Crippen LogP contribution in [0.3, 0.4) is 0 Å². The monoisotopic (exact) mass is 336 g/mol. The molecule has 1 aliphatic rings. The summed E-state index contributed by atoms with van der Waals surface area (Å²) in [5, 5.41) is 15.6. The first-order valence-corrected chi connectivity index (χ1v) is 8.70. The molecule has 1 aliphatic heterocycles. The van der Waals surface area contributed by atoms with Crippen molar-refractivity contribution < 1.29 is 9.84 Å². The van der Waals surface area contributed by atoms with Crippen molar-refractivity contribution in [3.63, 3.8) is 0 Å². The van der Waals surface area contributed by atoms with Crippen LogP contribution >= 0.6 is 11.6 Å². The number of ether oxygens (including phenoxy) is 1. The Morgan fingerprint density at radius 3 is 3.00 bits per heavy atom. The second-order valence-corrected chi connectivity index (χ2v) is 6.81. The molecule has 0 radical (unpaired) electrons. The number of para-hydroxylation sites is 1. The van der Waals surface area contributed by atoms with E-state index in [1.165, 1.54) is 5.56 Å². The van der Waals surface area contributed by atoms with Gasteiger partial charge in [0.05, 0.1) is 29.3 Å². The molecule has 2 atom stereocenters. The summed E-state index contributed by atoms with van der Waals surface area (Å²) < 4.78 is 7.71. The Morgan fingerprint density at radius 1 is 1.43 bits per heavy atom. The summed E-state index contributed by atoms with van der Waals surface area (Å²) in [7, 11) is 0. The number of hydrogen-bond acceptors (Lipinski definition) is 3. The molecule has 0 unspecified atom stereocenters. The molecular weight excluding hydrogens is 312 g/mol. The van der Waals surface area contributed by atoms with Crippen LogP contribution in [-0.4, -0.2) is 41.6 Å². The Hall–Kier alpha value is -1.07. The molecule has 1 fully saturated rings. The van der Waals surface area contributed by atoms with Gasteiger partial charge >= 0.3 is 0 Å². The smallest absolute Gasteiger partial charge is 0.0843 e. The highest BCUT2D eigenvalue weighted by Gasteiger charge is 2.18. The molecule has 0 spiro atoms.